The van der Waals surface area contributed by atoms with Crippen LogP contribution in [0.15, 0.2) is 0 Å². The molecular formula is C20H41O6P. The maximum Gasteiger partial charge on any atom is 0.472 e. The largest absolute Gasteiger partial charge is 0.472 e. The van der Waals surface area contributed by atoms with E-state index < -0.39 is 7.82 Å². The highest BCUT2D eigenvalue weighted by Crippen LogP contribution is 2.42. The van der Waals surface area contributed by atoms with Gasteiger partial charge in [-0.15, -0.1) is 0 Å². The summed E-state index contributed by atoms with van der Waals surface area (Å²) < 4.78 is 25.4. The van der Waals surface area contributed by atoms with Crippen molar-refractivity contribution >= 4 is 13.8 Å². The van der Waals surface area contributed by atoms with Crippen molar-refractivity contribution in [1.29, 1.82) is 0 Å². The normalized spacial score (nSPS) is 13.4. The lowest BCUT2D eigenvalue weighted by Gasteiger charge is -2.10. The van der Waals surface area contributed by atoms with Crippen LogP contribution in [0.4, 0.5) is 0 Å². The van der Waals surface area contributed by atoms with Crippen molar-refractivity contribution in [2.24, 2.45) is 0 Å². The third-order valence-corrected chi connectivity index (χ3v) is 5.47. The molecule has 0 aromatic heterocycles. The first-order valence-corrected chi connectivity index (χ1v) is 12.3. The number of hydrogen-bond donors (Lipinski definition) is 1. The molecule has 7 heteroatoms. The van der Waals surface area contributed by atoms with Crippen molar-refractivity contribution < 1.29 is 28.0 Å². The first-order chi connectivity index (χ1) is 13.0. The molecule has 0 aliphatic carbocycles. The fourth-order valence-electron chi connectivity index (χ4n) is 2.87. The second-order valence-electron chi connectivity index (χ2n) is 6.93. The lowest BCUT2D eigenvalue weighted by molar-refractivity contribution is -0.144. The van der Waals surface area contributed by atoms with Gasteiger partial charge in [-0.3, -0.25) is 13.8 Å². The van der Waals surface area contributed by atoms with E-state index in [1.807, 2.05) is 0 Å². The molecule has 0 aliphatic rings. The van der Waals surface area contributed by atoms with Crippen molar-refractivity contribution in [3.63, 3.8) is 0 Å². The molecule has 0 rings (SSSR count). The van der Waals surface area contributed by atoms with Crippen LogP contribution in [0.5, 0.6) is 0 Å². The Morgan fingerprint density at radius 3 is 1.70 bits per heavy atom. The number of ether oxygens (including phenoxy) is 1. The van der Waals surface area contributed by atoms with Crippen LogP contribution in [-0.4, -0.2) is 30.7 Å². The summed E-state index contributed by atoms with van der Waals surface area (Å²) in [4.78, 5) is 20.7. The summed E-state index contributed by atoms with van der Waals surface area (Å²) >= 11 is 0. The van der Waals surface area contributed by atoms with Crippen LogP contribution in [-0.2, 0) is 23.1 Å². The summed E-state index contributed by atoms with van der Waals surface area (Å²) in [6.45, 7) is 3.77. The topological polar surface area (TPSA) is 82.1 Å². The third-order valence-electron chi connectivity index (χ3n) is 4.38. The highest BCUT2D eigenvalue weighted by atomic mass is 31.2. The van der Waals surface area contributed by atoms with E-state index in [1.165, 1.54) is 64.2 Å². The maximum absolute atomic E-state index is 11.6. The van der Waals surface area contributed by atoms with Crippen LogP contribution in [0.3, 0.4) is 0 Å². The van der Waals surface area contributed by atoms with Gasteiger partial charge in [-0.05, 0) is 13.3 Å². The third kappa shape index (κ3) is 20.1. The first-order valence-electron chi connectivity index (χ1n) is 10.8. The molecular weight excluding hydrogens is 367 g/mol. The zero-order valence-electron chi connectivity index (χ0n) is 17.5. The lowest BCUT2D eigenvalue weighted by atomic mass is 10.0. The van der Waals surface area contributed by atoms with E-state index in [-0.39, 0.29) is 25.8 Å². The molecule has 1 unspecified atom stereocenters. The standard InChI is InChI=1S/C20H41O6P/c1-3-5-6-7-8-9-10-11-12-13-14-15-16-17-20(21)24-18-19-26-27(22,23)25-4-2/h3-19H2,1-2H3,(H,22,23). The molecule has 0 saturated heterocycles. The minimum Gasteiger partial charge on any atom is -0.463 e. The van der Waals surface area contributed by atoms with E-state index in [2.05, 4.69) is 16.0 Å². The number of carbonyl (C=O) groups is 1. The van der Waals surface area contributed by atoms with Gasteiger partial charge in [0.05, 0.1) is 13.2 Å². The summed E-state index contributed by atoms with van der Waals surface area (Å²) in [5.74, 6) is -0.286. The Morgan fingerprint density at radius 2 is 1.22 bits per heavy atom. The summed E-state index contributed by atoms with van der Waals surface area (Å²) in [6, 6.07) is 0. The smallest absolute Gasteiger partial charge is 0.463 e. The maximum atomic E-state index is 11.6. The number of phosphoric ester groups is 1. The summed E-state index contributed by atoms with van der Waals surface area (Å²) in [7, 11) is -3.99. The number of unbranched alkanes of at least 4 members (excludes halogenated alkanes) is 12. The molecule has 0 aromatic rings. The molecule has 1 N–H and O–H groups in total. The number of rotatable bonds is 20. The summed E-state index contributed by atoms with van der Waals surface area (Å²) in [5, 5.41) is 0. The van der Waals surface area contributed by atoms with Gasteiger partial charge in [0.25, 0.3) is 0 Å². The number of phosphoric acid groups is 1. The van der Waals surface area contributed by atoms with E-state index in [4.69, 9.17) is 4.74 Å². The molecule has 0 saturated carbocycles. The van der Waals surface area contributed by atoms with Gasteiger partial charge in [0.2, 0.25) is 0 Å². The van der Waals surface area contributed by atoms with Crippen molar-refractivity contribution in [3.8, 4) is 0 Å². The average molecular weight is 409 g/mol. The van der Waals surface area contributed by atoms with Crippen LogP contribution in [0.25, 0.3) is 0 Å². The Balaban J connectivity index is 3.29. The summed E-state index contributed by atoms with van der Waals surface area (Å²) in [5.41, 5.74) is 0. The van der Waals surface area contributed by atoms with E-state index in [0.29, 0.717) is 6.42 Å². The molecule has 0 heterocycles. The number of carbonyl (C=O) groups excluding carboxylic acids is 1. The molecule has 0 aliphatic heterocycles. The Bertz CT molecular complexity index is 389. The van der Waals surface area contributed by atoms with Crippen molar-refractivity contribution in [2.75, 3.05) is 19.8 Å². The summed E-state index contributed by atoms with van der Waals surface area (Å²) in [6.07, 6.45) is 16.8. The van der Waals surface area contributed by atoms with Crippen LogP contribution in [0.1, 0.15) is 104 Å². The van der Waals surface area contributed by atoms with Crippen molar-refractivity contribution in [3.05, 3.63) is 0 Å². The predicted molar refractivity (Wildman–Crippen MR) is 109 cm³/mol. The van der Waals surface area contributed by atoms with Gasteiger partial charge in [0.1, 0.15) is 6.61 Å². The average Bonchev–Trinajstić information content (AvgIpc) is 2.62. The molecule has 6 nitrogen and oxygen atoms in total. The second-order valence-corrected chi connectivity index (χ2v) is 8.39. The molecule has 0 bridgehead atoms. The van der Waals surface area contributed by atoms with Crippen LogP contribution in [0, 0.1) is 0 Å². The molecule has 0 spiro atoms. The van der Waals surface area contributed by atoms with Gasteiger partial charge in [-0.2, -0.15) is 0 Å². The predicted octanol–water partition coefficient (Wildman–Crippen LogP) is 6.16. The fourth-order valence-corrected chi connectivity index (χ4v) is 3.57. The molecule has 1 atom stereocenters. The Kier molecular flexibility index (Phi) is 18.6. The monoisotopic (exact) mass is 408 g/mol. The van der Waals surface area contributed by atoms with Gasteiger partial charge in [-0.25, -0.2) is 4.57 Å². The van der Waals surface area contributed by atoms with Crippen LogP contribution < -0.4 is 0 Å². The highest BCUT2D eigenvalue weighted by Gasteiger charge is 2.19. The van der Waals surface area contributed by atoms with Crippen molar-refractivity contribution in [1.82, 2.24) is 0 Å². The van der Waals surface area contributed by atoms with Gasteiger partial charge in [0, 0.05) is 6.42 Å². The number of hydrogen-bond acceptors (Lipinski definition) is 5. The molecule has 0 radical (unpaired) electrons. The van der Waals surface area contributed by atoms with E-state index in [1.54, 1.807) is 6.92 Å². The SMILES string of the molecule is CCCCCCCCCCCCCCCC(=O)OCCOP(=O)(O)OCC. The van der Waals surface area contributed by atoms with Crippen LogP contribution in [0.2, 0.25) is 0 Å². The molecule has 0 amide bonds. The minimum absolute atomic E-state index is 0.0328. The Morgan fingerprint density at radius 1 is 0.741 bits per heavy atom. The molecule has 162 valence electrons. The molecule has 27 heavy (non-hydrogen) atoms. The van der Waals surface area contributed by atoms with E-state index in [9.17, 15) is 14.3 Å². The molecule has 0 aromatic carbocycles. The zero-order chi connectivity index (χ0) is 20.2. The van der Waals surface area contributed by atoms with Crippen LogP contribution >= 0.6 is 7.82 Å². The van der Waals surface area contributed by atoms with Gasteiger partial charge >= 0.3 is 13.8 Å². The van der Waals surface area contributed by atoms with Gasteiger partial charge < -0.3 is 9.63 Å². The zero-order valence-corrected chi connectivity index (χ0v) is 18.4. The quantitative estimate of drug-likeness (QED) is 0.147. The second kappa shape index (κ2) is 18.9. The Hall–Kier alpha value is -0.420. The minimum atomic E-state index is -3.99. The van der Waals surface area contributed by atoms with Crippen molar-refractivity contribution in [2.45, 2.75) is 104 Å². The molecule has 0 fully saturated rings. The lowest BCUT2D eigenvalue weighted by Crippen LogP contribution is -2.10. The first kappa shape index (κ1) is 26.6. The highest BCUT2D eigenvalue weighted by molar-refractivity contribution is 7.47. The van der Waals surface area contributed by atoms with Gasteiger partial charge in [-0.1, -0.05) is 84.0 Å². The van der Waals surface area contributed by atoms with E-state index >= 15 is 0 Å². The van der Waals surface area contributed by atoms with Gasteiger partial charge in [0.15, 0.2) is 0 Å². The number of esters is 1. The fraction of sp³-hybridized carbons (Fsp3) is 0.950. The Labute approximate surface area is 166 Å². The van der Waals surface area contributed by atoms with E-state index in [0.717, 1.165) is 19.3 Å².